The number of nitrogens with zero attached hydrogens (tertiary/aromatic N) is 1. The van der Waals surface area contributed by atoms with E-state index in [0.29, 0.717) is 36.7 Å². The van der Waals surface area contributed by atoms with Crippen molar-refractivity contribution in [3.63, 3.8) is 0 Å². The van der Waals surface area contributed by atoms with E-state index in [-0.39, 0.29) is 18.2 Å². The van der Waals surface area contributed by atoms with Gasteiger partial charge in [-0.15, -0.1) is 0 Å². The van der Waals surface area contributed by atoms with Crippen molar-refractivity contribution in [2.75, 3.05) is 13.7 Å². The first kappa shape index (κ1) is 22.6. The van der Waals surface area contributed by atoms with Gasteiger partial charge >= 0.3 is 0 Å². The molecule has 4 rings (SSSR count). The lowest BCUT2D eigenvalue weighted by Crippen LogP contribution is -2.51. The van der Waals surface area contributed by atoms with Gasteiger partial charge in [0.1, 0.15) is 23.5 Å². The standard InChI is InChI=1S/C24H29N5O4/c1-33-21-7-3-6-18-17(21)12-20(28-18)24(32)29-19(10-14-4-2-5-14)23(31)27-16(13-25)11-15-8-9-26-22(15)30/h3,6-7,12,14-16,19,28H,2,4-5,8-11H2,1H3,(H,26,30)(H,27,31)(H,29,32)/t15?,16-,19-/m0/s1. The van der Waals surface area contributed by atoms with Gasteiger partial charge in [0.2, 0.25) is 11.8 Å². The van der Waals surface area contributed by atoms with E-state index in [1.54, 1.807) is 13.2 Å². The normalized spacial score (nSPS) is 19.8. The van der Waals surface area contributed by atoms with E-state index in [4.69, 9.17) is 4.74 Å². The van der Waals surface area contributed by atoms with Crippen LogP contribution in [0.1, 0.15) is 49.0 Å². The average molecular weight is 452 g/mol. The van der Waals surface area contributed by atoms with Gasteiger partial charge in [0.05, 0.1) is 13.2 Å². The smallest absolute Gasteiger partial charge is 0.268 e. The van der Waals surface area contributed by atoms with E-state index in [2.05, 4.69) is 27.0 Å². The summed E-state index contributed by atoms with van der Waals surface area (Å²) in [6.45, 7) is 0.589. The maximum atomic E-state index is 13.1. The second-order valence-corrected chi connectivity index (χ2v) is 8.87. The minimum absolute atomic E-state index is 0.0851. The van der Waals surface area contributed by atoms with Crippen molar-refractivity contribution in [3.05, 3.63) is 30.0 Å². The van der Waals surface area contributed by atoms with Gasteiger partial charge in [0, 0.05) is 23.4 Å². The van der Waals surface area contributed by atoms with Crippen LogP contribution in [0.25, 0.3) is 10.9 Å². The molecule has 2 fully saturated rings. The number of fused-ring (bicyclic) bond motifs is 1. The van der Waals surface area contributed by atoms with Crippen LogP contribution >= 0.6 is 0 Å². The zero-order valence-electron chi connectivity index (χ0n) is 18.6. The van der Waals surface area contributed by atoms with Crippen LogP contribution in [-0.4, -0.2) is 48.4 Å². The highest BCUT2D eigenvalue weighted by Gasteiger charge is 2.32. The number of aromatic nitrogens is 1. The lowest BCUT2D eigenvalue weighted by molar-refractivity contribution is -0.125. The van der Waals surface area contributed by atoms with Crippen LogP contribution in [0.2, 0.25) is 0 Å². The first-order valence-corrected chi connectivity index (χ1v) is 11.4. The Bertz CT molecular complexity index is 1080. The summed E-state index contributed by atoms with van der Waals surface area (Å²) in [7, 11) is 1.57. The van der Waals surface area contributed by atoms with Crippen LogP contribution < -0.4 is 20.7 Å². The third-order valence-electron chi connectivity index (χ3n) is 6.66. The Hall–Kier alpha value is -3.54. The molecular weight excluding hydrogens is 422 g/mol. The van der Waals surface area contributed by atoms with E-state index in [0.717, 1.165) is 30.2 Å². The van der Waals surface area contributed by atoms with Gasteiger partial charge in [0.25, 0.3) is 5.91 Å². The summed E-state index contributed by atoms with van der Waals surface area (Å²) in [6, 6.07) is 7.75. The Morgan fingerprint density at radius 3 is 2.70 bits per heavy atom. The Kier molecular flexibility index (Phi) is 6.82. The summed E-state index contributed by atoms with van der Waals surface area (Å²) >= 11 is 0. The van der Waals surface area contributed by atoms with Gasteiger partial charge < -0.3 is 25.7 Å². The fraction of sp³-hybridized carbons (Fsp3) is 0.500. The predicted molar refractivity (Wildman–Crippen MR) is 121 cm³/mol. The molecule has 1 aliphatic heterocycles. The van der Waals surface area contributed by atoms with E-state index >= 15 is 0 Å². The molecule has 2 aromatic rings. The van der Waals surface area contributed by atoms with Crippen LogP contribution in [-0.2, 0) is 9.59 Å². The number of hydrogen-bond donors (Lipinski definition) is 4. The molecule has 1 saturated carbocycles. The SMILES string of the molecule is COc1cccc2[nH]c(C(=O)N[C@@H](CC3CCC3)C(=O)N[C@H](C#N)CC3CCNC3=O)cc12. The largest absolute Gasteiger partial charge is 0.496 e. The predicted octanol–water partition coefficient (Wildman–Crippen LogP) is 2.00. The summed E-state index contributed by atoms with van der Waals surface area (Å²) < 4.78 is 5.36. The number of benzene rings is 1. The highest BCUT2D eigenvalue weighted by molar-refractivity contribution is 6.01. The van der Waals surface area contributed by atoms with Gasteiger partial charge in [-0.05, 0) is 43.4 Å². The quantitative estimate of drug-likeness (QED) is 0.462. The number of amides is 3. The average Bonchev–Trinajstić information content (AvgIpc) is 3.40. The number of methoxy groups -OCH3 is 1. The van der Waals surface area contributed by atoms with E-state index < -0.39 is 23.9 Å². The van der Waals surface area contributed by atoms with Crippen molar-refractivity contribution in [2.24, 2.45) is 11.8 Å². The monoisotopic (exact) mass is 451 g/mol. The Labute approximate surface area is 192 Å². The zero-order valence-corrected chi connectivity index (χ0v) is 18.6. The number of carbonyl (C=O) groups excluding carboxylic acids is 3. The van der Waals surface area contributed by atoms with Gasteiger partial charge in [-0.25, -0.2) is 0 Å². The number of nitriles is 1. The number of carbonyl (C=O) groups is 3. The molecule has 3 atom stereocenters. The van der Waals surface area contributed by atoms with Crippen molar-refractivity contribution in [2.45, 2.75) is 50.6 Å². The fourth-order valence-corrected chi connectivity index (χ4v) is 4.53. The number of ether oxygens (including phenoxy) is 1. The Morgan fingerprint density at radius 1 is 1.24 bits per heavy atom. The third kappa shape index (κ3) is 5.11. The van der Waals surface area contributed by atoms with Gasteiger partial charge in [-0.1, -0.05) is 25.3 Å². The zero-order chi connectivity index (χ0) is 23.4. The van der Waals surface area contributed by atoms with Crippen molar-refractivity contribution >= 4 is 28.6 Å². The highest BCUT2D eigenvalue weighted by Crippen LogP contribution is 2.31. The van der Waals surface area contributed by atoms with E-state index in [1.165, 1.54) is 0 Å². The molecule has 174 valence electrons. The number of aromatic amines is 1. The molecule has 1 saturated heterocycles. The number of nitrogens with one attached hydrogen (secondary N) is 4. The molecule has 2 heterocycles. The van der Waals surface area contributed by atoms with Crippen LogP contribution in [0.15, 0.2) is 24.3 Å². The summed E-state index contributed by atoms with van der Waals surface area (Å²) in [5.74, 6) is -0.135. The van der Waals surface area contributed by atoms with Crippen molar-refractivity contribution in [1.29, 1.82) is 5.26 Å². The molecule has 2 aliphatic rings. The minimum Gasteiger partial charge on any atom is -0.496 e. The molecule has 1 unspecified atom stereocenters. The highest BCUT2D eigenvalue weighted by atomic mass is 16.5. The molecule has 1 aliphatic carbocycles. The minimum atomic E-state index is -0.788. The topological polar surface area (TPSA) is 136 Å². The molecule has 4 N–H and O–H groups in total. The molecule has 0 bridgehead atoms. The third-order valence-corrected chi connectivity index (χ3v) is 6.66. The van der Waals surface area contributed by atoms with Crippen LogP contribution in [0.4, 0.5) is 0 Å². The van der Waals surface area contributed by atoms with Crippen LogP contribution in [0, 0.1) is 23.2 Å². The molecule has 33 heavy (non-hydrogen) atoms. The molecule has 9 nitrogen and oxygen atoms in total. The van der Waals surface area contributed by atoms with Gasteiger partial charge in [-0.3, -0.25) is 14.4 Å². The maximum absolute atomic E-state index is 13.1. The number of rotatable bonds is 9. The number of H-pyrrole nitrogens is 1. The first-order chi connectivity index (χ1) is 16.0. The lowest BCUT2D eigenvalue weighted by atomic mass is 9.80. The van der Waals surface area contributed by atoms with Crippen molar-refractivity contribution < 1.29 is 19.1 Å². The molecule has 1 aromatic carbocycles. The van der Waals surface area contributed by atoms with Crippen LogP contribution in [0.3, 0.4) is 0 Å². The summed E-state index contributed by atoms with van der Waals surface area (Å²) in [4.78, 5) is 41.0. The molecular formula is C24H29N5O4. The molecule has 0 spiro atoms. The molecule has 3 amide bonds. The maximum Gasteiger partial charge on any atom is 0.268 e. The van der Waals surface area contributed by atoms with Crippen molar-refractivity contribution in [1.82, 2.24) is 20.9 Å². The molecule has 0 radical (unpaired) electrons. The summed E-state index contributed by atoms with van der Waals surface area (Å²) in [5, 5.41) is 18.7. The summed E-state index contributed by atoms with van der Waals surface area (Å²) in [5.41, 5.74) is 1.10. The Morgan fingerprint density at radius 2 is 2.06 bits per heavy atom. The van der Waals surface area contributed by atoms with Gasteiger partial charge in [0.15, 0.2) is 0 Å². The lowest BCUT2D eigenvalue weighted by Gasteiger charge is -2.30. The Balaban J connectivity index is 1.46. The van der Waals surface area contributed by atoms with Crippen molar-refractivity contribution in [3.8, 4) is 11.8 Å². The fourth-order valence-electron chi connectivity index (χ4n) is 4.53. The first-order valence-electron chi connectivity index (χ1n) is 11.4. The van der Waals surface area contributed by atoms with E-state index in [9.17, 15) is 19.6 Å². The number of hydrogen-bond acceptors (Lipinski definition) is 5. The second-order valence-electron chi connectivity index (χ2n) is 8.87. The molecule has 9 heteroatoms. The second kappa shape index (κ2) is 9.94. The van der Waals surface area contributed by atoms with Crippen LogP contribution in [0.5, 0.6) is 5.75 Å². The molecule has 1 aromatic heterocycles. The van der Waals surface area contributed by atoms with E-state index in [1.807, 2.05) is 18.2 Å². The van der Waals surface area contributed by atoms with Gasteiger partial charge in [-0.2, -0.15) is 5.26 Å². The summed E-state index contributed by atoms with van der Waals surface area (Å²) in [6.07, 6.45) is 4.59.